The molecule has 2 amide bonds. The molecule has 2 atom stereocenters. The molecular weight excluding hydrogens is 336 g/mol. The number of allylic oxidation sites excluding steroid dienone is 4. The zero-order valence-corrected chi connectivity index (χ0v) is 15.8. The van der Waals surface area contributed by atoms with Crippen molar-refractivity contribution in [2.75, 3.05) is 26.2 Å². The number of piperidine rings is 2. The standard InChI is InChI=1S/C23H26N2O2/c26-22(24-13-3-1-4-14-24)11-9-20-18-7-8-19(17-18)21(20)10-12-23(27)25-15-5-2-6-16-25/h7-8,18-19H,1-6,13-17H2/t18-,19+. The van der Waals surface area contributed by atoms with E-state index >= 15 is 0 Å². The molecule has 0 spiro atoms. The van der Waals surface area contributed by atoms with Crippen molar-refractivity contribution in [1.29, 1.82) is 0 Å². The highest BCUT2D eigenvalue weighted by Crippen LogP contribution is 2.43. The molecule has 2 heterocycles. The van der Waals surface area contributed by atoms with Gasteiger partial charge in [-0.3, -0.25) is 9.59 Å². The van der Waals surface area contributed by atoms with E-state index in [1.165, 1.54) is 12.8 Å². The van der Waals surface area contributed by atoms with Gasteiger partial charge in [0.05, 0.1) is 0 Å². The maximum absolute atomic E-state index is 12.4. The predicted octanol–water partition coefficient (Wildman–Crippen LogP) is 2.52. The highest BCUT2D eigenvalue weighted by atomic mass is 16.2. The van der Waals surface area contributed by atoms with Crippen LogP contribution < -0.4 is 0 Å². The van der Waals surface area contributed by atoms with Crippen molar-refractivity contribution in [3.8, 4) is 23.7 Å². The molecule has 4 aliphatic rings. The minimum Gasteiger partial charge on any atom is -0.332 e. The van der Waals surface area contributed by atoms with Crippen molar-refractivity contribution in [3.63, 3.8) is 0 Å². The highest BCUT2D eigenvalue weighted by Gasteiger charge is 2.34. The third-order valence-corrected chi connectivity index (χ3v) is 6.01. The van der Waals surface area contributed by atoms with Crippen LogP contribution in [0.3, 0.4) is 0 Å². The van der Waals surface area contributed by atoms with Gasteiger partial charge in [-0.25, -0.2) is 0 Å². The molecule has 0 unspecified atom stereocenters. The first-order valence-electron chi connectivity index (χ1n) is 10.3. The predicted molar refractivity (Wildman–Crippen MR) is 104 cm³/mol. The van der Waals surface area contributed by atoms with Crippen molar-refractivity contribution in [2.45, 2.75) is 44.9 Å². The number of nitrogens with zero attached hydrogens (tertiary/aromatic N) is 2. The zero-order chi connectivity index (χ0) is 18.6. The molecule has 2 fully saturated rings. The Morgan fingerprint density at radius 3 is 1.52 bits per heavy atom. The van der Waals surface area contributed by atoms with Crippen LogP contribution in [0, 0.1) is 35.5 Å². The van der Waals surface area contributed by atoms with Crippen LogP contribution in [0.15, 0.2) is 23.3 Å². The third-order valence-electron chi connectivity index (χ3n) is 6.01. The van der Waals surface area contributed by atoms with Gasteiger partial charge in [0.2, 0.25) is 0 Å². The summed E-state index contributed by atoms with van der Waals surface area (Å²) in [5.41, 5.74) is 1.90. The van der Waals surface area contributed by atoms with E-state index in [2.05, 4.69) is 35.8 Å². The van der Waals surface area contributed by atoms with Crippen molar-refractivity contribution in [3.05, 3.63) is 23.3 Å². The lowest BCUT2D eigenvalue weighted by molar-refractivity contribution is -0.126. The molecule has 2 aliphatic heterocycles. The minimum absolute atomic E-state index is 0.0781. The molecule has 2 saturated heterocycles. The van der Waals surface area contributed by atoms with E-state index in [1.807, 2.05) is 9.80 Å². The number of fused-ring (bicyclic) bond motifs is 2. The van der Waals surface area contributed by atoms with Gasteiger partial charge < -0.3 is 9.80 Å². The smallest absolute Gasteiger partial charge is 0.298 e. The largest absolute Gasteiger partial charge is 0.332 e. The van der Waals surface area contributed by atoms with Crippen molar-refractivity contribution in [2.24, 2.45) is 11.8 Å². The van der Waals surface area contributed by atoms with E-state index in [0.29, 0.717) is 0 Å². The summed E-state index contributed by atoms with van der Waals surface area (Å²) < 4.78 is 0. The number of amides is 2. The van der Waals surface area contributed by atoms with Crippen molar-refractivity contribution < 1.29 is 9.59 Å². The van der Waals surface area contributed by atoms with Crippen LogP contribution in [0.25, 0.3) is 0 Å². The maximum atomic E-state index is 12.4. The van der Waals surface area contributed by atoms with E-state index in [-0.39, 0.29) is 23.7 Å². The van der Waals surface area contributed by atoms with Crippen LogP contribution in [0.2, 0.25) is 0 Å². The van der Waals surface area contributed by atoms with E-state index < -0.39 is 0 Å². The molecule has 4 heteroatoms. The van der Waals surface area contributed by atoms with Crippen LogP contribution in [0.5, 0.6) is 0 Å². The summed E-state index contributed by atoms with van der Waals surface area (Å²) in [4.78, 5) is 28.4. The first kappa shape index (κ1) is 17.9. The van der Waals surface area contributed by atoms with Gasteiger partial charge in [0, 0.05) is 61.0 Å². The summed E-state index contributed by atoms with van der Waals surface area (Å²) in [6, 6.07) is 0. The summed E-state index contributed by atoms with van der Waals surface area (Å²) in [7, 11) is 0. The van der Waals surface area contributed by atoms with Crippen LogP contribution >= 0.6 is 0 Å². The SMILES string of the molecule is O=C(C#CC1=C(C#CC(=O)N2CCCCC2)[C@H]2C=C[C@@H]1C2)N1CCCCC1. The minimum atomic E-state index is -0.0781. The number of hydrogen-bond acceptors (Lipinski definition) is 2. The molecule has 27 heavy (non-hydrogen) atoms. The molecular formula is C23H26N2O2. The number of carbonyl (C=O) groups excluding carboxylic acids is 2. The molecule has 0 radical (unpaired) electrons. The molecule has 4 nitrogen and oxygen atoms in total. The van der Waals surface area contributed by atoms with Gasteiger partial charge in [-0.2, -0.15) is 0 Å². The molecule has 0 aromatic heterocycles. The quantitative estimate of drug-likeness (QED) is 0.491. The fraction of sp³-hybridized carbons (Fsp3) is 0.565. The maximum Gasteiger partial charge on any atom is 0.298 e. The number of carbonyl (C=O) groups is 2. The summed E-state index contributed by atoms with van der Waals surface area (Å²) in [5.74, 6) is 12.3. The lowest BCUT2D eigenvalue weighted by atomic mass is 9.97. The van der Waals surface area contributed by atoms with Crippen LogP contribution in [-0.4, -0.2) is 47.8 Å². The molecule has 0 aromatic carbocycles. The molecule has 2 aliphatic carbocycles. The Morgan fingerprint density at radius 1 is 0.704 bits per heavy atom. The lowest BCUT2D eigenvalue weighted by Gasteiger charge is -2.24. The van der Waals surface area contributed by atoms with Gasteiger partial charge in [-0.1, -0.05) is 24.0 Å². The molecule has 140 valence electrons. The van der Waals surface area contributed by atoms with Crippen LogP contribution in [0.1, 0.15) is 44.9 Å². The Hall–Kier alpha value is -2.46. The zero-order valence-electron chi connectivity index (χ0n) is 15.8. The molecule has 2 bridgehead atoms. The second-order valence-corrected chi connectivity index (χ2v) is 7.87. The fourth-order valence-electron chi connectivity index (χ4n) is 4.44. The van der Waals surface area contributed by atoms with Gasteiger partial charge in [0.15, 0.2) is 0 Å². The third kappa shape index (κ3) is 3.96. The molecule has 0 aromatic rings. The van der Waals surface area contributed by atoms with E-state index in [9.17, 15) is 9.59 Å². The Kier molecular flexibility index (Phi) is 5.35. The molecule has 0 saturated carbocycles. The first-order valence-corrected chi connectivity index (χ1v) is 10.3. The van der Waals surface area contributed by atoms with Gasteiger partial charge in [-0.15, -0.1) is 0 Å². The summed E-state index contributed by atoms with van der Waals surface area (Å²) in [6.07, 6.45) is 12.0. The van der Waals surface area contributed by atoms with Gasteiger partial charge in [-0.05, 0) is 44.9 Å². The Labute approximate surface area is 161 Å². The van der Waals surface area contributed by atoms with Gasteiger partial charge in [0.25, 0.3) is 11.8 Å². The summed E-state index contributed by atoms with van der Waals surface area (Å²) in [6.45, 7) is 3.26. The number of hydrogen-bond donors (Lipinski definition) is 0. The monoisotopic (exact) mass is 362 g/mol. The van der Waals surface area contributed by atoms with Crippen LogP contribution in [0.4, 0.5) is 0 Å². The van der Waals surface area contributed by atoms with E-state index in [0.717, 1.165) is 69.4 Å². The average molecular weight is 362 g/mol. The molecule has 0 N–H and O–H groups in total. The normalized spacial score (nSPS) is 26.4. The number of likely N-dealkylation sites (tertiary alicyclic amines) is 2. The first-order chi connectivity index (χ1) is 13.2. The topological polar surface area (TPSA) is 40.6 Å². The average Bonchev–Trinajstić information content (AvgIpc) is 3.33. The second kappa shape index (κ2) is 8.05. The van der Waals surface area contributed by atoms with Crippen LogP contribution in [-0.2, 0) is 9.59 Å². The number of rotatable bonds is 0. The van der Waals surface area contributed by atoms with Gasteiger partial charge >= 0.3 is 0 Å². The van der Waals surface area contributed by atoms with Gasteiger partial charge in [0.1, 0.15) is 0 Å². The molecule has 4 rings (SSSR count). The lowest BCUT2D eigenvalue weighted by Crippen LogP contribution is -2.34. The summed E-state index contributed by atoms with van der Waals surface area (Å²) in [5, 5.41) is 0. The van der Waals surface area contributed by atoms with Crippen molar-refractivity contribution in [1.82, 2.24) is 9.80 Å². The van der Waals surface area contributed by atoms with E-state index in [1.54, 1.807) is 0 Å². The van der Waals surface area contributed by atoms with Crippen molar-refractivity contribution >= 4 is 11.8 Å². The Balaban J connectivity index is 1.50. The summed E-state index contributed by atoms with van der Waals surface area (Å²) >= 11 is 0. The fourth-order valence-corrected chi connectivity index (χ4v) is 4.44. The second-order valence-electron chi connectivity index (χ2n) is 7.87. The highest BCUT2D eigenvalue weighted by molar-refractivity contribution is 5.95. The Morgan fingerprint density at radius 2 is 1.11 bits per heavy atom. The van der Waals surface area contributed by atoms with E-state index in [4.69, 9.17) is 0 Å². The Bertz CT molecular complexity index is 737.